The first-order valence-corrected chi connectivity index (χ1v) is 10.9. The lowest BCUT2D eigenvalue weighted by molar-refractivity contribution is -0.118. The van der Waals surface area contributed by atoms with Gasteiger partial charge in [0, 0.05) is 4.88 Å². The Morgan fingerprint density at radius 3 is 2.93 bits per heavy atom. The molecule has 0 bridgehead atoms. The van der Waals surface area contributed by atoms with Gasteiger partial charge in [-0.2, -0.15) is 5.26 Å². The molecule has 8 heteroatoms. The van der Waals surface area contributed by atoms with Crippen molar-refractivity contribution in [2.45, 2.75) is 39.5 Å². The van der Waals surface area contributed by atoms with E-state index in [2.05, 4.69) is 35.4 Å². The molecule has 1 aromatic carbocycles. The zero-order chi connectivity index (χ0) is 21.1. The van der Waals surface area contributed by atoms with Gasteiger partial charge in [-0.1, -0.05) is 19.9 Å². The largest absolute Gasteiger partial charge is 0.482 e. The number of nitriles is 1. The first kappa shape index (κ1) is 20.1. The highest BCUT2D eigenvalue weighted by Crippen LogP contribution is 2.39. The third-order valence-corrected chi connectivity index (χ3v) is 6.53. The third kappa shape index (κ3) is 4.07. The Bertz CT molecular complexity index is 1100. The van der Waals surface area contributed by atoms with E-state index < -0.39 is 0 Å². The smallest absolute Gasteiger partial charge is 0.262 e. The molecule has 2 heterocycles. The van der Waals surface area contributed by atoms with Crippen LogP contribution in [0.4, 0.5) is 5.00 Å². The average molecular weight is 422 g/mol. The number of ether oxygens (including phenoxy) is 1. The van der Waals surface area contributed by atoms with Crippen molar-refractivity contribution in [3.05, 3.63) is 52.4 Å². The van der Waals surface area contributed by atoms with Crippen LogP contribution >= 0.6 is 11.3 Å². The molecule has 2 aromatic heterocycles. The second-order valence-electron chi connectivity index (χ2n) is 7.53. The molecule has 1 aliphatic rings. The maximum Gasteiger partial charge on any atom is 0.262 e. The highest BCUT2D eigenvalue weighted by molar-refractivity contribution is 7.16. The fourth-order valence-electron chi connectivity index (χ4n) is 3.69. The first-order chi connectivity index (χ1) is 14.6. The summed E-state index contributed by atoms with van der Waals surface area (Å²) in [7, 11) is 0. The molecular formula is C22H23N5O2S. The Morgan fingerprint density at radius 2 is 2.20 bits per heavy atom. The van der Waals surface area contributed by atoms with Gasteiger partial charge in [-0.3, -0.25) is 9.36 Å². The van der Waals surface area contributed by atoms with Crippen LogP contribution in [-0.4, -0.2) is 27.3 Å². The lowest BCUT2D eigenvalue weighted by Crippen LogP contribution is -2.20. The van der Waals surface area contributed by atoms with Gasteiger partial charge in [0.1, 0.15) is 29.5 Å². The van der Waals surface area contributed by atoms with Crippen LogP contribution in [0.25, 0.3) is 5.69 Å². The van der Waals surface area contributed by atoms with Gasteiger partial charge >= 0.3 is 0 Å². The summed E-state index contributed by atoms with van der Waals surface area (Å²) >= 11 is 1.52. The van der Waals surface area contributed by atoms with Gasteiger partial charge in [0.25, 0.3) is 5.91 Å². The second kappa shape index (κ2) is 8.67. The minimum atomic E-state index is -0.285. The van der Waals surface area contributed by atoms with E-state index >= 15 is 0 Å². The summed E-state index contributed by atoms with van der Waals surface area (Å²) in [4.78, 5) is 13.8. The molecule has 0 radical (unpaired) electrons. The number of amides is 1. The molecular weight excluding hydrogens is 398 g/mol. The minimum absolute atomic E-state index is 0.148. The van der Waals surface area contributed by atoms with E-state index in [1.54, 1.807) is 17.2 Å². The summed E-state index contributed by atoms with van der Waals surface area (Å²) in [6.45, 7) is 4.15. The summed E-state index contributed by atoms with van der Waals surface area (Å²) in [5.74, 6) is 0.895. The van der Waals surface area contributed by atoms with Gasteiger partial charge in [-0.05, 0) is 54.9 Å². The van der Waals surface area contributed by atoms with Gasteiger partial charge in [-0.15, -0.1) is 21.5 Å². The van der Waals surface area contributed by atoms with Crippen molar-refractivity contribution >= 4 is 22.2 Å². The van der Waals surface area contributed by atoms with Crippen LogP contribution in [0.2, 0.25) is 0 Å². The molecule has 0 saturated carbocycles. The Morgan fingerprint density at radius 1 is 1.40 bits per heavy atom. The number of anilines is 1. The zero-order valence-corrected chi connectivity index (χ0v) is 17.8. The number of benzene rings is 1. The fraction of sp³-hybridized carbons (Fsp3) is 0.364. The molecule has 4 rings (SSSR count). The zero-order valence-electron chi connectivity index (χ0n) is 17.0. The minimum Gasteiger partial charge on any atom is -0.482 e. The number of nitrogens with zero attached hydrogens (tertiary/aromatic N) is 4. The number of aromatic nitrogens is 3. The van der Waals surface area contributed by atoms with E-state index in [-0.39, 0.29) is 12.5 Å². The second-order valence-corrected chi connectivity index (χ2v) is 8.63. The topological polar surface area (TPSA) is 92.8 Å². The fourth-order valence-corrected chi connectivity index (χ4v) is 5.07. The summed E-state index contributed by atoms with van der Waals surface area (Å²) in [6.07, 6.45) is 7.01. The number of hydrogen-bond acceptors (Lipinski definition) is 6. The lowest BCUT2D eigenvalue weighted by Gasteiger charge is -2.17. The normalized spacial score (nSPS) is 15.3. The van der Waals surface area contributed by atoms with Crippen LogP contribution in [0.1, 0.15) is 41.8 Å². The molecule has 7 nitrogen and oxygen atoms in total. The molecule has 154 valence electrons. The number of fused-ring (bicyclic) bond motifs is 1. The van der Waals surface area contributed by atoms with Crippen molar-refractivity contribution in [3.8, 4) is 17.5 Å². The number of carbonyl (C=O) groups excluding carboxylic acids is 1. The van der Waals surface area contributed by atoms with E-state index in [1.165, 1.54) is 16.2 Å². The monoisotopic (exact) mass is 421 g/mol. The van der Waals surface area contributed by atoms with E-state index in [0.717, 1.165) is 42.5 Å². The molecule has 3 aromatic rings. The van der Waals surface area contributed by atoms with Gasteiger partial charge in [0.05, 0.1) is 11.3 Å². The van der Waals surface area contributed by atoms with E-state index in [1.807, 2.05) is 18.2 Å². The molecule has 1 atom stereocenters. The van der Waals surface area contributed by atoms with Crippen LogP contribution < -0.4 is 10.1 Å². The molecule has 1 aliphatic carbocycles. The molecule has 0 saturated heterocycles. The van der Waals surface area contributed by atoms with E-state index in [4.69, 9.17) is 4.74 Å². The SMILES string of the molecule is CCc1ccc(OCC(=O)Nc2sc3c(c2C#N)CC[C@@H](C)C3)c(-n2cnnc2)c1. The summed E-state index contributed by atoms with van der Waals surface area (Å²) in [5.41, 5.74) is 3.63. The molecule has 1 amide bonds. The number of nitrogens with one attached hydrogen (secondary N) is 1. The van der Waals surface area contributed by atoms with Crippen molar-refractivity contribution in [2.24, 2.45) is 5.92 Å². The van der Waals surface area contributed by atoms with Gasteiger partial charge in [-0.25, -0.2) is 0 Å². The molecule has 30 heavy (non-hydrogen) atoms. The van der Waals surface area contributed by atoms with E-state index in [9.17, 15) is 10.1 Å². The van der Waals surface area contributed by atoms with Crippen LogP contribution in [0.5, 0.6) is 5.75 Å². The number of rotatable bonds is 6. The van der Waals surface area contributed by atoms with Crippen molar-refractivity contribution in [1.29, 1.82) is 5.26 Å². The quantitative estimate of drug-likeness (QED) is 0.651. The maximum atomic E-state index is 12.6. The Hall–Kier alpha value is -3.18. The number of carbonyl (C=O) groups is 1. The number of hydrogen-bond donors (Lipinski definition) is 1. The van der Waals surface area contributed by atoms with Crippen molar-refractivity contribution in [2.75, 3.05) is 11.9 Å². The Kier molecular flexibility index (Phi) is 5.81. The van der Waals surface area contributed by atoms with Crippen LogP contribution in [0.3, 0.4) is 0 Å². The molecule has 1 N–H and O–H groups in total. The summed E-state index contributed by atoms with van der Waals surface area (Å²) in [5, 5.41) is 20.8. The number of aryl methyl sites for hydroxylation is 1. The summed E-state index contributed by atoms with van der Waals surface area (Å²) in [6, 6.07) is 8.10. The lowest BCUT2D eigenvalue weighted by atomic mass is 9.89. The third-order valence-electron chi connectivity index (χ3n) is 5.36. The Labute approximate surface area is 179 Å². The highest BCUT2D eigenvalue weighted by Gasteiger charge is 2.24. The van der Waals surface area contributed by atoms with Crippen LogP contribution in [0.15, 0.2) is 30.9 Å². The molecule has 0 unspecified atom stereocenters. The van der Waals surface area contributed by atoms with Gasteiger partial charge < -0.3 is 10.1 Å². The average Bonchev–Trinajstić information content (AvgIpc) is 3.39. The van der Waals surface area contributed by atoms with Crippen molar-refractivity contribution in [3.63, 3.8) is 0 Å². The van der Waals surface area contributed by atoms with Gasteiger partial charge in [0.2, 0.25) is 0 Å². The van der Waals surface area contributed by atoms with Gasteiger partial charge in [0.15, 0.2) is 6.61 Å². The standard InChI is InChI=1S/C22H23N5O2S/c1-3-15-5-7-19(18(9-15)27-12-24-25-13-27)29-11-21(28)26-22-17(10-23)16-6-4-14(2)8-20(16)30-22/h5,7,9,12-14H,3-4,6,8,11H2,1-2H3,(H,26,28)/t14-/m1/s1. The molecule has 0 spiro atoms. The van der Waals surface area contributed by atoms with Crippen molar-refractivity contribution in [1.82, 2.24) is 14.8 Å². The maximum absolute atomic E-state index is 12.6. The predicted octanol–water partition coefficient (Wildman–Crippen LogP) is 3.91. The Balaban J connectivity index is 1.48. The van der Waals surface area contributed by atoms with E-state index in [0.29, 0.717) is 22.2 Å². The molecule has 0 aliphatic heterocycles. The predicted molar refractivity (Wildman–Crippen MR) is 115 cm³/mol. The van der Waals surface area contributed by atoms with Crippen LogP contribution in [-0.2, 0) is 24.1 Å². The van der Waals surface area contributed by atoms with Crippen LogP contribution in [0, 0.1) is 17.2 Å². The number of thiophene rings is 1. The molecule has 0 fully saturated rings. The van der Waals surface area contributed by atoms with Crippen molar-refractivity contribution < 1.29 is 9.53 Å². The highest BCUT2D eigenvalue weighted by atomic mass is 32.1. The first-order valence-electron chi connectivity index (χ1n) is 10.0. The summed E-state index contributed by atoms with van der Waals surface area (Å²) < 4.78 is 7.58.